The van der Waals surface area contributed by atoms with E-state index in [-0.39, 0.29) is 10.9 Å². The fourth-order valence-corrected chi connectivity index (χ4v) is 1.23. The number of aliphatic imine (C=N–C) groups is 1. The molecule has 6 N–H and O–H groups in total. The molecule has 2 atom stereocenters. The lowest BCUT2D eigenvalue weighted by atomic mass is 10.1. The summed E-state index contributed by atoms with van der Waals surface area (Å²) in [7, 11) is 0. The summed E-state index contributed by atoms with van der Waals surface area (Å²) in [5, 5.41) is 28.3. The van der Waals surface area contributed by atoms with Crippen molar-refractivity contribution in [3.63, 3.8) is 0 Å². The zero-order valence-electron chi connectivity index (χ0n) is 9.45. The second-order valence-corrected chi connectivity index (χ2v) is 3.67. The van der Waals surface area contributed by atoms with Gasteiger partial charge in [-0.15, -0.1) is 0 Å². The smallest absolute Gasteiger partial charge is 0.353 e. The Balaban J connectivity index is 2.90. The molecule has 0 saturated heterocycles. The molecular formula is C8H12F2N4O5. The highest BCUT2D eigenvalue weighted by molar-refractivity contribution is 6.06. The number of guanidine groups is 1. The maximum Gasteiger partial charge on any atom is 0.353 e. The molecule has 1 aliphatic heterocycles. The summed E-state index contributed by atoms with van der Waals surface area (Å²) in [6.07, 6.45) is -5.10. The Hall–Kier alpha value is -1.85. The van der Waals surface area contributed by atoms with Gasteiger partial charge in [0.25, 0.3) is 0 Å². The molecule has 0 aromatic rings. The Morgan fingerprint density at radius 2 is 2.16 bits per heavy atom. The maximum absolute atomic E-state index is 13.5. The van der Waals surface area contributed by atoms with Gasteiger partial charge in [-0.1, -0.05) is 0 Å². The van der Waals surface area contributed by atoms with E-state index < -0.39 is 43.3 Å². The molecule has 3 amide bonds. The Labute approximate surface area is 105 Å². The van der Waals surface area contributed by atoms with Crippen LogP contribution in [0.15, 0.2) is 4.99 Å². The summed E-state index contributed by atoms with van der Waals surface area (Å²) in [5.41, 5.74) is 5.10. The Kier molecular flexibility index (Phi) is 4.34. The molecule has 0 radical (unpaired) electrons. The standard InChI is InChI=1S/C8H12F2N4O5/c9-8(10,4(17)3(16)1-15)5(18)14-2-12-6(11)13-7(14)19/h3-4,15-17H,1-2H2,(H3,11,12,13,19)/t3-,4-/m1/s1. The first-order chi connectivity index (χ1) is 8.71. The van der Waals surface area contributed by atoms with E-state index in [1.807, 2.05) is 5.32 Å². The van der Waals surface area contributed by atoms with Crippen molar-refractivity contribution in [2.75, 3.05) is 13.3 Å². The monoisotopic (exact) mass is 282 g/mol. The average molecular weight is 282 g/mol. The van der Waals surface area contributed by atoms with E-state index in [9.17, 15) is 18.4 Å². The molecule has 0 bridgehead atoms. The van der Waals surface area contributed by atoms with Crippen LogP contribution in [0, 0.1) is 0 Å². The molecule has 108 valence electrons. The number of aliphatic hydroxyl groups is 3. The lowest BCUT2D eigenvalue weighted by molar-refractivity contribution is -0.187. The van der Waals surface area contributed by atoms with Gasteiger partial charge >= 0.3 is 17.9 Å². The van der Waals surface area contributed by atoms with Crippen LogP contribution in [-0.4, -0.2) is 69.5 Å². The summed E-state index contributed by atoms with van der Waals surface area (Å²) >= 11 is 0. The number of amides is 3. The molecule has 11 heteroatoms. The molecule has 0 unspecified atom stereocenters. The molecule has 0 aromatic heterocycles. The highest BCUT2D eigenvalue weighted by Gasteiger charge is 2.53. The van der Waals surface area contributed by atoms with E-state index in [0.717, 1.165) is 0 Å². The number of hydrogen-bond acceptors (Lipinski definition) is 7. The number of carbonyl (C=O) groups excluding carboxylic acids is 2. The van der Waals surface area contributed by atoms with E-state index in [1.54, 1.807) is 0 Å². The number of halogens is 2. The summed E-state index contributed by atoms with van der Waals surface area (Å²) < 4.78 is 27.1. The summed E-state index contributed by atoms with van der Waals surface area (Å²) in [5.74, 6) is -6.88. The minimum absolute atomic E-state index is 0.0175. The summed E-state index contributed by atoms with van der Waals surface area (Å²) in [4.78, 5) is 26.1. The molecular weight excluding hydrogens is 270 g/mol. The van der Waals surface area contributed by atoms with Crippen molar-refractivity contribution in [2.45, 2.75) is 18.1 Å². The SMILES string of the molecule is NC1=NCN(C(=O)C(F)(F)[C@H](O)[C@H](O)CO)C(=O)N1. The van der Waals surface area contributed by atoms with Gasteiger partial charge in [-0.2, -0.15) is 8.78 Å². The minimum Gasteiger partial charge on any atom is -0.394 e. The summed E-state index contributed by atoms with van der Waals surface area (Å²) in [6.45, 7) is -1.92. The minimum atomic E-state index is -4.47. The summed E-state index contributed by atoms with van der Waals surface area (Å²) in [6, 6.07) is -1.23. The number of nitrogens with two attached hydrogens (primary N) is 1. The maximum atomic E-state index is 13.5. The zero-order chi connectivity index (χ0) is 14.8. The molecule has 0 saturated carbocycles. The van der Waals surface area contributed by atoms with E-state index in [0.29, 0.717) is 0 Å². The van der Waals surface area contributed by atoms with Gasteiger partial charge in [0.2, 0.25) is 0 Å². The predicted octanol–water partition coefficient (Wildman–Crippen LogP) is -2.84. The van der Waals surface area contributed by atoms with Gasteiger partial charge in [-0.3, -0.25) is 10.1 Å². The Bertz CT molecular complexity index is 416. The van der Waals surface area contributed by atoms with Crippen LogP contribution in [-0.2, 0) is 4.79 Å². The third kappa shape index (κ3) is 2.94. The van der Waals surface area contributed by atoms with Crippen molar-refractivity contribution in [3.8, 4) is 0 Å². The van der Waals surface area contributed by atoms with Crippen molar-refractivity contribution >= 4 is 17.9 Å². The number of hydrogen-bond donors (Lipinski definition) is 5. The lowest BCUT2D eigenvalue weighted by Crippen LogP contribution is -2.60. The number of nitrogens with zero attached hydrogens (tertiary/aromatic N) is 2. The number of imide groups is 1. The van der Waals surface area contributed by atoms with Crippen LogP contribution in [0.1, 0.15) is 0 Å². The second kappa shape index (κ2) is 5.42. The number of nitrogens with one attached hydrogen (secondary N) is 1. The largest absolute Gasteiger partial charge is 0.394 e. The quantitative estimate of drug-likeness (QED) is 0.375. The second-order valence-electron chi connectivity index (χ2n) is 3.67. The normalized spacial score (nSPS) is 19.5. The molecule has 0 spiro atoms. The number of aliphatic hydroxyl groups excluding tert-OH is 3. The number of rotatable bonds is 4. The van der Waals surface area contributed by atoms with Crippen LogP contribution >= 0.6 is 0 Å². The first-order valence-corrected chi connectivity index (χ1v) is 4.99. The first kappa shape index (κ1) is 15.2. The van der Waals surface area contributed by atoms with Crippen LogP contribution in [0.4, 0.5) is 13.6 Å². The zero-order valence-corrected chi connectivity index (χ0v) is 9.45. The van der Waals surface area contributed by atoms with Crippen LogP contribution in [0.3, 0.4) is 0 Å². The van der Waals surface area contributed by atoms with E-state index >= 15 is 0 Å². The van der Waals surface area contributed by atoms with E-state index in [2.05, 4.69) is 4.99 Å². The van der Waals surface area contributed by atoms with Crippen molar-refractivity contribution in [2.24, 2.45) is 10.7 Å². The van der Waals surface area contributed by atoms with Gasteiger partial charge < -0.3 is 21.1 Å². The topological polar surface area (TPSA) is 148 Å². The molecule has 0 aromatic carbocycles. The van der Waals surface area contributed by atoms with Crippen molar-refractivity contribution < 1.29 is 33.7 Å². The van der Waals surface area contributed by atoms with Gasteiger partial charge in [0.15, 0.2) is 12.1 Å². The van der Waals surface area contributed by atoms with Gasteiger partial charge in [-0.25, -0.2) is 14.7 Å². The average Bonchev–Trinajstić information content (AvgIpc) is 2.36. The molecule has 1 rings (SSSR count). The van der Waals surface area contributed by atoms with Crippen LogP contribution < -0.4 is 11.1 Å². The predicted molar refractivity (Wildman–Crippen MR) is 55.9 cm³/mol. The number of alkyl halides is 2. The molecule has 1 heterocycles. The molecule has 9 nitrogen and oxygen atoms in total. The van der Waals surface area contributed by atoms with Gasteiger partial charge in [0.1, 0.15) is 12.8 Å². The number of urea groups is 1. The van der Waals surface area contributed by atoms with Crippen molar-refractivity contribution in [1.29, 1.82) is 0 Å². The fourth-order valence-electron chi connectivity index (χ4n) is 1.23. The highest BCUT2D eigenvalue weighted by Crippen LogP contribution is 2.24. The first-order valence-electron chi connectivity index (χ1n) is 4.99. The molecule has 1 aliphatic rings. The van der Waals surface area contributed by atoms with Gasteiger partial charge in [0.05, 0.1) is 6.61 Å². The van der Waals surface area contributed by atoms with E-state index in [1.165, 1.54) is 0 Å². The third-order valence-electron chi connectivity index (χ3n) is 2.32. The van der Waals surface area contributed by atoms with Crippen LogP contribution in [0.5, 0.6) is 0 Å². The fraction of sp³-hybridized carbons (Fsp3) is 0.625. The van der Waals surface area contributed by atoms with Gasteiger partial charge in [0, 0.05) is 0 Å². The van der Waals surface area contributed by atoms with E-state index in [4.69, 9.17) is 21.1 Å². The van der Waals surface area contributed by atoms with Gasteiger partial charge in [-0.05, 0) is 0 Å². The Morgan fingerprint density at radius 1 is 1.58 bits per heavy atom. The van der Waals surface area contributed by atoms with Crippen molar-refractivity contribution in [3.05, 3.63) is 0 Å². The third-order valence-corrected chi connectivity index (χ3v) is 2.32. The lowest BCUT2D eigenvalue weighted by Gasteiger charge is -2.30. The molecule has 0 fully saturated rings. The molecule has 19 heavy (non-hydrogen) atoms. The number of carbonyl (C=O) groups is 2. The van der Waals surface area contributed by atoms with Crippen LogP contribution in [0.2, 0.25) is 0 Å². The molecule has 0 aliphatic carbocycles. The van der Waals surface area contributed by atoms with Crippen molar-refractivity contribution in [1.82, 2.24) is 10.2 Å². The van der Waals surface area contributed by atoms with Crippen LogP contribution in [0.25, 0.3) is 0 Å². The highest BCUT2D eigenvalue weighted by atomic mass is 19.3. The Morgan fingerprint density at radius 3 is 2.63 bits per heavy atom.